The van der Waals surface area contributed by atoms with Crippen LogP contribution in [0.2, 0.25) is 0 Å². The number of nitrogens with two attached hydrogens (primary N) is 1. The van der Waals surface area contributed by atoms with Crippen LogP contribution in [-0.4, -0.2) is 37.0 Å². The Balaban J connectivity index is 2.04. The van der Waals surface area contributed by atoms with Gasteiger partial charge < -0.3 is 20.7 Å². The van der Waals surface area contributed by atoms with Crippen LogP contribution in [-0.2, 0) is 17.9 Å². The summed E-state index contributed by atoms with van der Waals surface area (Å²) in [4.78, 5) is 17.4. The third-order valence-electron chi connectivity index (χ3n) is 3.72. The standard InChI is InChI=1S/C20H25FN4O2/c1-3-23-20(25(2)13-15-7-9-17(21)10-8-15)24-12-16-5-4-6-18(11-16)27-14-19(22)26/h4-11H,3,12-14H2,1-2H3,(H2,22,26)(H,23,24). The van der Waals surface area contributed by atoms with E-state index in [2.05, 4.69) is 10.3 Å². The first-order chi connectivity index (χ1) is 13.0. The highest BCUT2D eigenvalue weighted by molar-refractivity contribution is 5.79. The van der Waals surface area contributed by atoms with Gasteiger partial charge in [0, 0.05) is 20.1 Å². The highest BCUT2D eigenvalue weighted by atomic mass is 19.1. The lowest BCUT2D eigenvalue weighted by Crippen LogP contribution is -2.38. The van der Waals surface area contributed by atoms with E-state index in [1.54, 1.807) is 18.2 Å². The molecule has 27 heavy (non-hydrogen) atoms. The number of carbonyl (C=O) groups excluding carboxylic acids is 1. The van der Waals surface area contributed by atoms with Crippen molar-refractivity contribution in [1.29, 1.82) is 0 Å². The van der Waals surface area contributed by atoms with Gasteiger partial charge >= 0.3 is 0 Å². The molecule has 2 aromatic carbocycles. The molecule has 2 rings (SSSR count). The van der Waals surface area contributed by atoms with Gasteiger partial charge in [-0.2, -0.15) is 0 Å². The van der Waals surface area contributed by atoms with E-state index in [1.165, 1.54) is 12.1 Å². The number of nitrogens with one attached hydrogen (secondary N) is 1. The van der Waals surface area contributed by atoms with Crippen LogP contribution >= 0.6 is 0 Å². The number of benzene rings is 2. The van der Waals surface area contributed by atoms with Gasteiger partial charge in [-0.05, 0) is 42.3 Å². The number of hydrogen-bond acceptors (Lipinski definition) is 3. The van der Waals surface area contributed by atoms with Gasteiger partial charge in [0.2, 0.25) is 0 Å². The predicted molar refractivity (Wildman–Crippen MR) is 104 cm³/mol. The number of amides is 1. The number of hydrogen-bond donors (Lipinski definition) is 2. The Labute approximate surface area is 158 Å². The molecule has 0 aromatic heterocycles. The van der Waals surface area contributed by atoms with E-state index in [0.717, 1.165) is 23.6 Å². The van der Waals surface area contributed by atoms with E-state index >= 15 is 0 Å². The summed E-state index contributed by atoms with van der Waals surface area (Å²) in [6.07, 6.45) is 0. The largest absolute Gasteiger partial charge is 0.484 e. The first-order valence-electron chi connectivity index (χ1n) is 8.72. The van der Waals surface area contributed by atoms with Crippen molar-refractivity contribution >= 4 is 11.9 Å². The molecule has 0 saturated carbocycles. The van der Waals surface area contributed by atoms with Crippen molar-refractivity contribution in [2.24, 2.45) is 10.7 Å². The average molecular weight is 372 g/mol. The van der Waals surface area contributed by atoms with Crippen molar-refractivity contribution < 1.29 is 13.9 Å². The van der Waals surface area contributed by atoms with Crippen molar-refractivity contribution in [1.82, 2.24) is 10.2 Å². The van der Waals surface area contributed by atoms with E-state index in [-0.39, 0.29) is 12.4 Å². The molecule has 0 unspecified atom stereocenters. The molecular formula is C20H25FN4O2. The highest BCUT2D eigenvalue weighted by Gasteiger charge is 2.07. The zero-order valence-corrected chi connectivity index (χ0v) is 15.6. The van der Waals surface area contributed by atoms with Gasteiger partial charge in [0.1, 0.15) is 11.6 Å². The van der Waals surface area contributed by atoms with E-state index in [1.807, 2.05) is 37.1 Å². The van der Waals surface area contributed by atoms with Crippen LogP contribution in [0.25, 0.3) is 0 Å². The number of carbonyl (C=O) groups is 1. The number of rotatable bonds is 8. The molecule has 0 fully saturated rings. The van der Waals surface area contributed by atoms with Gasteiger partial charge in [0.25, 0.3) is 5.91 Å². The Bertz CT molecular complexity index is 778. The fourth-order valence-corrected chi connectivity index (χ4v) is 2.46. The number of halogens is 1. The molecule has 0 saturated heterocycles. The molecule has 0 bridgehead atoms. The zero-order valence-electron chi connectivity index (χ0n) is 15.6. The normalized spacial score (nSPS) is 11.1. The number of nitrogens with zero attached hydrogens (tertiary/aromatic N) is 2. The van der Waals surface area contributed by atoms with Crippen molar-refractivity contribution in [3.8, 4) is 5.75 Å². The Morgan fingerprint density at radius 3 is 2.63 bits per heavy atom. The maximum Gasteiger partial charge on any atom is 0.255 e. The summed E-state index contributed by atoms with van der Waals surface area (Å²) >= 11 is 0. The summed E-state index contributed by atoms with van der Waals surface area (Å²) in [5.41, 5.74) is 7.03. The van der Waals surface area contributed by atoms with E-state index < -0.39 is 5.91 Å². The molecule has 2 aromatic rings. The lowest BCUT2D eigenvalue weighted by molar-refractivity contribution is -0.119. The molecule has 144 valence electrons. The number of aliphatic imine (C=N–C) groups is 1. The number of ether oxygens (including phenoxy) is 1. The quantitative estimate of drug-likeness (QED) is 0.550. The molecule has 3 N–H and O–H groups in total. The summed E-state index contributed by atoms with van der Waals surface area (Å²) in [5, 5.41) is 3.25. The van der Waals surface area contributed by atoms with Crippen molar-refractivity contribution in [3.63, 3.8) is 0 Å². The van der Waals surface area contributed by atoms with Crippen LogP contribution in [0.5, 0.6) is 5.75 Å². The molecule has 0 aliphatic carbocycles. The Morgan fingerprint density at radius 1 is 1.22 bits per heavy atom. The van der Waals surface area contributed by atoms with Gasteiger partial charge in [-0.3, -0.25) is 4.79 Å². The van der Waals surface area contributed by atoms with Gasteiger partial charge in [0.15, 0.2) is 12.6 Å². The lowest BCUT2D eigenvalue weighted by atomic mass is 10.2. The fraction of sp³-hybridized carbons (Fsp3) is 0.300. The lowest BCUT2D eigenvalue weighted by Gasteiger charge is -2.22. The minimum Gasteiger partial charge on any atom is -0.484 e. The number of guanidine groups is 1. The molecule has 0 radical (unpaired) electrons. The Hall–Kier alpha value is -3.09. The molecule has 0 aliphatic rings. The van der Waals surface area contributed by atoms with E-state index in [0.29, 0.717) is 18.8 Å². The Kier molecular flexibility index (Phi) is 7.61. The third kappa shape index (κ3) is 6.97. The molecule has 6 nitrogen and oxygen atoms in total. The van der Waals surface area contributed by atoms with Crippen LogP contribution in [0.15, 0.2) is 53.5 Å². The first-order valence-corrected chi connectivity index (χ1v) is 8.72. The van der Waals surface area contributed by atoms with Crippen LogP contribution < -0.4 is 15.8 Å². The van der Waals surface area contributed by atoms with E-state index in [9.17, 15) is 9.18 Å². The zero-order chi connectivity index (χ0) is 19.6. The molecule has 0 aliphatic heterocycles. The SMILES string of the molecule is CCNC(=NCc1cccc(OCC(N)=O)c1)N(C)Cc1ccc(F)cc1. The van der Waals surface area contributed by atoms with Gasteiger partial charge in [-0.25, -0.2) is 9.38 Å². The second-order valence-electron chi connectivity index (χ2n) is 6.06. The predicted octanol–water partition coefficient (Wildman–Crippen LogP) is 2.29. The molecule has 0 spiro atoms. The second kappa shape index (κ2) is 10.2. The summed E-state index contributed by atoms with van der Waals surface area (Å²) in [6.45, 7) is 3.63. The van der Waals surface area contributed by atoms with Gasteiger partial charge in [-0.1, -0.05) is 24.3 Å². The fourth-order valence-electron chi connectivity index (χ4n) is 2.46. The summed E-state index contributed by atoms with van der Waals surface area (Å²) in [7, 11) is 1.93. The van der Waals surface area contributed by atoms with Crippen molar-refractivity contribution in [2.45, 2.75) is 20.0 Å². The summed E-state index contributed by atoms with van der Waals surface area (Å²) in [5.74, 6) is 0.548. The molecule has 0 atom stereocenters. The summed E-state index contributed by atoms with van der Waals surface area (Å²) in [6, 6.07) is 13.8. The maximum absolute atomic E-state index is 13.1. The molecule has 7 heteroatoms. The Morgan fingerprint density at radius 2 is 1.96 bits per heavy atom. The highest BCUT2D eigenvalue weighted by Crippen LogP contribution is 2.14. The molecule has 1 amide bonds. The van der Waals surface area contributed by atoms with Crippen LogP contribution in [0, 0.1) is 5.82 Å². The minimum absolute atomic E-state index is 0.157. The molecule has 0 heterocycles. The minimum atomic E-state index is -0.518. The monoisotopic (exact) mass is 372 g/mol. The van der Waals surface area contributed by atoms with Crippen LogP contribution in [0.4, 0.5) is 4.39 Å². The molecular weight excluding hydrogens is 347 g/mol. The van der Waals surface area contributed by atoms with Crippen molar-refractivity contribution in [3.05, 3.63) is 65.5 Å². The van der Waals surface area contributed by atoms with Gasteiger partial charge in [0.05, 0.1) is 6.54 Å². The first kappa shape index (κ1) is 20.2. The number of primary amides is 1. The average Bonchev–Trinajstić information content (AvgIpc) is 2.65. The van der Waals surface area contributed by atoms with Crippen LogP contribution in [0.3, 0.4) is 0 Å². The maximum atomic E-state index is 13.1. The third-order valence-corrected chi connectivity index (χ3v) is 3.72. The van der Waals surface area contributed by atoms with Crippen molar-refractivity contribution in [2.75, 3.05) is 20.2 Å². The topological polar surface area (TPSA) is 80.0 Å². The summed E-state index contributed by atoms with van der Waals surface area (Å²) < 4.78 is 18.4. The smallest absolute Gasteiger partial charge is 0.255 e. The van der Waals surface area contributed by atoms with Gasteiger partial charge in [-0.15, -0.1) is 0 Å². The second-order valence-corrected chi connectivity index (χ2v) is 6.06. The van der Waals surface area contributed by atoms with Crippen LogP contribution in [0.1, 0.15) is 18.1 Å². The van der Waals surface area contributed by atoms with E-state index in [4.69, 9.17) is 10.5 Å².